The van der Waals surface area contributed by atoms with Gasteiger partial charge in [0.2, 0.25) is 5.90 Å². The van der Waals surface area contributed by atoms with Gasteiger partial charge in [0.05, 0.1) is 6.61 Å². The van der Waals surface area contributed by atoms with Crippen molar-refractivity contribution in [3.8, 4) is 0 Å². The number of hydrogen-bond acceptors (Lipinski definition) is 5. The van der Waals surface area contributed by atoms with Gasteiger partial charge in [0.15, 0.2) is 0 Å². The molecule has 0 aromatic rings. The predicted molar refractivity (Wildman–Crippen MR) is 40.3 cm³/mol. The lowest BCUT2D eigenvalue weighted by molar-refractivity contribution is -0.201. The average Bonchev–Trinajstić information content (AvgIpc) is 2.33. The Balaban J connectivity index is 2.57. The molecule has 0 spiro atoms. The Bertz CT molecular complexity index is 225. The molecule has 5 nitrogen and oxygen atoms in total. The zero-order valence-electron chi connectivity index (χ0n) is 7.29. The molecule has 0 saturated carbocycles. The van der Waals surface area contributed by atoms with Crippen molar-refractivity contribution in [1.29, 1.82) is 0 Å². The number of oxime groups is 1. The standard InChI is InChI=1S/C7H11NO4/c1-4-10-6(9)7(3)11-5(2)8-12-7/h4H2,1-3H3. The highest BCUT2D eigenvalue weighted by molar-refractivity contribution is 5.84. The second-order valence-electron chi connectivity index (χ2n) is 2.47. The number of carbonyl (C=O) groups is 1. The van der Waals surface area contributed by atoms with E-state index in [1.165, 1.54) is 6.92 Å². The highest BCUT2D eigenvalue weighted by atomic mass is 16.8. The Kier molecular flexibility index (Phi) is 2.21. The van der Waals surface area contributed by atoms with Crippen LogP contribution in [0.1, 0.15) is 20.8 Å². The first-order chi connectivity index (χ1) is 5.58. The van der Waals surface area contributed by atoms with Crippen LogP contribution in [0.15, 0.2) is 5.16 Å². The van der Waals surface area contributed by atoms with Crippen LogP contribution in [0, 0.1) is 0 Å². The zero-order valence-corrected chi connectivity index (χ0v) is 7.29. The van der Waals surface area contributed by atoms with Crippen molar-refractivity contribution < 1.29 is 19.1 Å². The minimum Gasteiger partial charge on any atom is -0.460 e. The topological polar surface area (TPSA) is 57.1 Å². The van der Waals surface area contributed by atoms with Gasteiger partial charge in [0.1, 0.15) is 0 Å². The van der Waals surface area contributed by atoms with Gasteiger partial charge in [-0.3, -0.25) is 0 Å². The van der Waals surface area contributed by atoms with Crippen molar-refractivity contribution in [2.75, 3.05) is 6.61 Å². The Morgan fingerprint density at radius 3 is 2.83 bits per heavy atom. The van der Waals surface area contributed by atoms with Crippen molar-refractivity contribution in [1.82, 2.24) is 0 Å². The van der Waals surface area contributed by atoms with Crippen molar-refractivity contribution in [3.63, 3.8) is 0 Å². The maximum Gasteiger partial charge on any atom is 0.394 e. The molecule has 0 saturated heterocycles. The van der Waals surface area contributed by atoms with E-state index in [9.17, 15) is 4.79 Å². The number of esters is 1. The Labute approximate surface area is 70.3 Å². The summed E-state index contributed by atoms with van der Waals surface area (Å²) in [5, 5.41) is 3.49. The molecule has 0 aliphatic carbocycles. The van der Waals surface area contributed by atoms with Crippen LogP contribution in [0.5, 0.6) is 0 Å². The molecule has 0 radical (unpaired) electrons. The number of rotatable bonds is 2. The molecule has 0 fully saturated rings. The Hall–Kier alpha value is -1.26. The Morgan fingerprint density at radius 1 is 1.75 bits per heavy atom. The number of hydrogen-bond donors (Lipinski definition) is 0. The maximum atomic E-state index is 11.2. The van der Waals surface area contributed by atoms with Crippen molar-refractivity contribution in [2.24, 2.45) is 5.16 Å². The summed E-state index contributed by atoms with van der Waals surface area (Å²) in [6, 6.07) is 0. The van der Waals surface area contributed by atoms with E-state index in [-0.39, 0.29) is 0 Å². The van der Waals surface area contributed by atoms with E-state index in [0.29, 0.717) is 12.5 Å². The molecule has 68 valence electrons. The first-order valence-corrected chi connectivity index (χ1v) is 3.67. The normalized spacial score (nSPS) is 27.1. The number of nitrogens with zero attached hydrogens (tertiary/aromatic N) is 1. The molecule has 0 aromatic heterocycles. The van der Waals surface area contributed by atoms with Crippen LogP contribution >= 0.6 is 0 Å². The summed E-state index contributed by atoms with van der Waals surface area (Å²) in [6.45, 7) is 5.07. The van der Waals surface area contributed by atoms with Crippen LogP contribution < -0.4 is 0 Å². The first kappa shape index (κ1) is 8.83. The third-order valence-electron chi connectivity index (χ3n) is 1.34. The highest BCUT2D eigenvalue weighted by Crippen LogP contribution is 2.21. The third-order valence-corrected chi connectivity index (χ3v) is 1.34. The van der Waals surface area contributed by atoms with E-state index < -0.39 is 11.8 Å². The van der Waals surface area contributed by atoms with Crippen LogP contribution in [0.3, 0.4) is 0 Å². The van der Waals surface area contributed by atoms with Crippen LogP contribution in [-0.2, 0) is 19.1 Å². The second kappa shape index (κ2) is 3.00. The van der Waals surface area contributed by atoms with Gasteiger partial charge in [0, 0.05) is 13.8 Å². The summed E-state index contributed by atoms with van der Waals surface area (Å²) in [5.74, 6) is -1.63. The van der Waals surface area contributed by atoms with Gasteiger partial charge in [-0.25, -0.2) is 4.79 Å². The quantitative estimate of drug-likeness (QED) is 0.575. The van der Waals surface area contributed by atoms with Crippen LogP contribution in [0.4, 0.5) is 0 Å². The molecule has 0 N–H and O–H groups in total. The molecule has 0 amide bonds. The van der Waals surface area contributed by atoms with Gasteiger partial charge < -0.3 is 14.3 Å². The number of ether oxygens (including phenoxy) is 2. The SMILES string of the molecule is CCOC(=O)C1(C)ON=C(C)O1. The molecule has 5 heteroatoms. The maximum absolute atomic E-state index is 11.2. The van der Waals surface area contributed by atoms with Crippen LogP contribution in [0.2, 0.25) is 0 Å². The molecule has 0 bridgehead atoms. The molecular formula is C7H11NO4. The van der Waals surface area contributed by atoms with E-state index in [1.54, 1.807) is 13.8 Å². The molecule has 1 aliphatic rings. The number of carbonyl (C=O) groups excluding carboxylic acids is 1. The second-order valence-corrected chi connectivity index (χ2v) is 2.47. The highest BCUT2D eigenvalue weighted by Gasteiger charge is 2.44. The lowest BCUT2D eigenvalue weighted by Gasteiger charge is -2.17. The van der Waals surface area contributed by atoms with E-state index >= 15 is 0 Å². The third kappa shape index (κ3) is 1.49. The van der Waals surface area contributed by atoms with E-state index in [0.717, 1.165) is 0 Å². The first-order valence-electron chi connectivity index (χ1n) is 3.67. The molecule has 1 unspecified atom stereocenters. The molecule has 1 heterocycles. The smallest absolute Gasteiger partial charge is 0.394 e. The predicted octanol–water partition coefficient (Wildman–Crippen LogP) is 0.646. The lowest BCUT2D eigenvalue weighted by Crippen LogP contribution is -2.39. The van der Waals surface area contributed by atoms with Crippen molar-refractivity contribution >= 4 is 11.9 Å². The summed E-state index contributed by atoms with van der Waals surface area (Å²) in [7, 11) is 0. The van der Waals surface area contributed by atoms with Gasteiger partial charge in [-0.2, -0.15) is 0 Å². The largest absolute Gasteiger partial charge is 0.460 e. The zero-order chi connectivity index (χ0) is 9.19. The summed E-state index contributed by atoms with van der Waals surface area (Å²) in [5.41, 5.74) is 0. The molecule has 0 aromatic carbocycles. The molecule has 1 atom stereocenters. The van der Waals surface area contributed by atoms with Gasteiger partial charge in [-0.15, -0.1) is 0 Å². The fourth-order valence-corrected chi connectivity index (χ4v) is 0.812. The summed E-state index contributed by atoms with van der Waals surface area (Å²) in [4.78, 5) is 15.9. The summed E-state index contributed by atoms with van der Waals surface area (Å²) >= 11 is 0. The Morgan fingerprint density at radius 2 is 2.42 bits per heavy atom. The minimum atomic E-state index is -1.39. The monoisotopic (exact) mass is 173 g/mol. The molecular weight excluding hydrogens is 162 g/mol. The summed E-state index contributed by atoms with van der Waals surface area (Å²) < 4.78 is 9.73. The molecule has 1 aliphatic heterocycles. The van der Waals surface area contributed by atoms with E-state index in [4.69, 9.17) is 14.3 Å². The van der Waals surface area contributed by atoms with Gasteiger partial charge in [-0.1, -0.05) is 0 Å². The van der Waals surface area contributed by atoms with E-state index in [2.05, 4.69) is 5.16 Å². The molecule has 1 rings (SSSR count). The van der Waals surface area contributed by atoms with Crippen molar-refractivity contribution in [2.45, 2.75) is 26.6 Å². The van der Waals surface area contributed by atoms with Crippen LogP contribution in [0.25, 0.3) is 0 Å². The van der Waals surface area contributed by atoms with Gasteiger partial charge >= 0.3 is 11.8 Å². The summed E-state index contributed by atoms with van der Waals surface area (Å²) in [6.07, 6.45) is 0. The fourth-order valence-electron chi connectivity index (χ4n) is 0.812. The van der Waals surface area contributed by atoms with E-state index in [1.807, 2.05) is 0 Å². The van der Waals surface area contributed by atoms with Crippen molar-refractivity contribution in [3.05, 3.63) is 0 Å². The average molecular weight is 173 g/mol. The minimum absolute atomic E-state index is 0.292. The van der Waals surface area contributed by atoms with Crippen LogP contribution in [-0.4, -0.2) is 24.3 Å². The van der Waals surface area contributed by atoms with Gasteiger partial charge in [-0.05, 0) is 12.1 Å². The molecule has 12 heavy (non-hydrogen) atoms. The fraction of sp³-hybridized carbons (Fsp3) is 0.714. The van der Waals surface area contributed by atoms with Gasteiger partial charge in [0.25, 0.3) is 0 Å². The lowest BCUT2D eigenvalue weighted by atomic mass is 10.3.